The predicted molar refractivity (Wildman–Crippen MR) is 138 cm³/mol. The second-order valence-corrected chi connectivity index (χ2v) is 12.0. The van der Waals surface area contributed by atoms with Crippen LogP contribution in [0.5, 0.6) is 0 Å². The summed E-state index contributed by atoms with van der Waals surface area (Å²) in [4.78, 5) is 23.9. The number of carboxylic acids is 1. The Morgan fingerprint density at radius 2 is 1.52 bits per heavy atom. The molecule has 2 aromatic carbocycles. The van der Waals surface area contributed by atoms with Crippen molar-refractivity contribution in [3.05, 3.63) is 71.8 Å². The first-order chi connectivity index (χ1) is 16.0. The molecule has 0 bridgehead atoms. The summed E-state index contributed by atoms with van der Waals surface area (Å²) < 4.78 is 6.39. The van der Waals surface area contributed by atoms with Crippen molar-refractivity contribution in [3.63, 3.8) is 0 Å². The van der Waals surface area contributed by atoms with E-state index in [1.54, 1.807) is 0 Å². The fraction of sp³-hybridized carbons (Fsp3) is 0.429. The molecule has 1 N–H and O–H groups in total. The van der Waals surface area contributed by atoms with Crippen LogP contribution in [0.15, 0.2) is 60.7 Å². The summed E-state index contributed by atoms with van der Waals surface area (Å²) >= 11 is 0. The molecule has 178 valence electrons. The van der Waals surface area contributed by atoms with Crippen LogP contribution in [0.3, 0.4) is 0 Å². The van der Waals surface area contributed by atoms with Crippen LogP contribution in [0.25, 0.3) is 0 Å². The Morgan fingerprint density at radius 3 is 2.15 bits per heavy atom. The molecule has 0 amide bonds. The first kappa shape index (κ1) is 26.6. The molecule has 2 aromatic rings. The summed E-state index contributed by atoms with van der Waals surface area (Å²) in [6.45, 7) is 6.55. The van der Waals surface area contributed by atoms with Crippen LogP contribution in [-0.4, -0.2) is 25.4 Å². The maximum atomic E-state index is 12.9. The summed E-state index contributed by atoms with van der Waals surface area (Å²) in [5, 5.41) is 11.2. The lowest BCUT2D eigenvalue weighted by Crippen LogP contribution is -2.62. The number of aryl methyl sites for hydroxylation is 1. The Kier molecular flexibility index (Phi) is 11.1. The van der Waals surface area contributed by atoms with E-state index in [1.165, 1.54) is 16.3 Å². The quantitative estimate of drug-likeness (QED) is 0.298. The predicted octanol–water partition coefficient (Wildman–Crippen LogP) is 5.42. The molecule has 0 aromatic heterocycles. The lowest BCUT2D eigenvalue weighted by atomic mass is 9.98. The van der Waals surface area contributed by atoms with E-state index in [1.807, 2.05) is 18.2 Å². The van der Waals surface area contributed by atoms with Crippen molar-refractivity contribution in [1.82, 2.24) is 0 Å². The lowest BCUT2D eigenvalue weighted by molar-refractivity contribution is -0.133. The van der Waals surface area contributed by atoms with Gasteiger partial charge in [0.2, 0.25) is 0 Å². The number of hydrogen-bond donors (Lipinski definition) is 1. The van der Waals surface area contributed by atoms with Crippen LogP contribution in [-0.2, 0) is 26.9 Å². The monoisotopic (exact) mass is 466 g/mol. The highest BCUT2D eigenvalue weighted by Crippen LogP contribution is 2.23. The van der Waals surface area contributed by atoms with Gasteiger partial charge in [0.15, 0.2) is 0 Å². The fourth-order valence-electron chi connectivity index (χ4n) is 4.34. The third-order valence-electron chi connectivity index (χ3n) is 6.05. The summed E-state index contributed by atoms with van der Waals surface area (Å²) in [5.74, 6) is -1.73. The Morgan fingerprint density at radius 1 is 0.848 bits per heavy atom. The lowest BCUT2D eigenvalue weighted by Gasteiger charge is -2.34. The van der Waals surface area contributed by atoms with E-state index >= 15 is 0 Å². The van der Waals surface area contributed by atoms with Crippen molar-refractivity contribution in [1.29, 1.82) is 0 Å². The second-order valence-electron chi connectivity index (χ2n) is 8.54. The first-order valence-corrected chi connectivity index (χ1v) is 14.4. The van der Waals surface area contributed by atoms with E-state index in [2.05, 4.69) is 51.1 Å². The number of rotatable bonds is 14. The molecule has 0 aliphatic heterocycles. The summed E-state index contributed by atoms with van der Waals surface area (Å²) in [6, 6.07) is 17.4. The molecule has 1 unspecified atom stereocenters. The van der Waals surface area contributed by atoms with Gasteiger partial charge in [-0.3, -0.25) is 0 Å². The van der Waals surface area contributed by atoms with Crippen LogP contribution < -0.4 is 10.4 Å². The number of carbonyl (C=O) groups excluding carboxylic acids is 1. The van der Waals surface area contributed by atoms with Gasteiger partial charge in [0.05, 0.1) is 0 Å². The minimum Gasteiger partial charge on any atom is -0.507 e. The number of hydrogen-bond acceptors (Lipinski definition) is 3. The molecule has 0 aliphatic rings. The molecule has 33 heavy (non-hydrogen) atoms. The van der Waals surface area contributed by atoms with Gasteiger partial charge in [0.1, 0.15) is 0 Å². The van der Waals surface area contributed by atoms with Crippen LogP contribution in [0.2, 0.25) is 6.04 Å². The maximum Gasteiger partial charge on any atom is 0.328 e. The number of carbonyl (C=O) groups is 2. The van der Waals surface area contributed by atoms with Crippen LogP contribution in [0.1, 0.15) is 70.4 Å². The Bertz CT molecular complexity index is 923. The van der Waals surface area contributed by atoms with E-state index in [0.717, 1.165) is 74.7 Å². The molecule has 0 heterocycles. The Labute approximate surface area is 199 Å². The minimum absolute atomic E-state index is 0.579. The molecule has 2 rings (SSSR count). The van der Waals surface area contributed by atoms with Crippen molar-refractivity contribution in [2.24, 2.45) is 0 Å². The molecular formula is C28H38O4Si. The summed E-state index contributed by atoms with van der Waals surface area (Å²) in [6.07, 6.45) is 10.2. The zero-order valence-electron chi connectivity index (χ0n) is 20.3. The largest absolute Gasteiger partial charge is 0.507 e. The zero-order chi connectivity index (χ0) is 24.1. The van der Waals surface area contributed by atoms with Gasteiger partial charge >= 0.3 is 20.3 Å². The van der Waals surface area contributed by atoms with Crippen molar-refractivity contribution in [2.45, 2.75) is 78.2 Å². The Hall–Kier alpha value is -2.66. The average Bonchev–Trinajstić information content (AvgIpc) is 2.83. The minimum atomic E-state index is -2.96. The third kappa shape index (κ3) is 7.43. The average molecular weight is 467 g/mol. The molecule has 0 spiro atoms. The maximum absolute atomic E-state index is 12.9. The van der Waals surface area contributed by atoms with E-state index in [4.69, 9.17) is 9.53 Å². The van der Waals surface area contributed by atoms with Crippen LogP contribution in [0.4, 0.5) is 0 Å². The van der Waals surface area contributed by atoms with Crippen molar-refractivity contribution >= 4 is 30.6 Å². The molecule has 4 nitrogen and oxygen atoms in total. The van der Waals surface area contributed by atoms with E-state index in [-0.39, 0.29) is 0 Å². The molecular weight excluding hydrogens is 428 g/mol. The van der Waals surface area contributed by atoms with Gasteiger partial charge in [-0.2, -0.15) is 0 Å². The number of carboxylic acid groups (broad SMARTS) is 1. The van der Waals surface area contributed by atoms with Gasteiger partial charge in [-0.15, -0.1) is 0 Å². The third-order valence-corrected chi connectivity index (χ3v) is 10.3. The van der Waals surface area contributed by atoms with Gasteiger partial charge < -0.3 is 9.53 Å². The molecule has 0 fully saturated rings. The van der Waals surface area contributed by atoms with Gasteiger partial charge in [-0.1, -0.05) is 95.0 Å². The molecule has 0 radical (unpaired) electrons. The highest BCUT2D eigenvalue weighted by molar-refractivity contribution is 6.98. The van der Waals surface area contributed by atoms with Crippen molar-refractivity contribution < 1.29 is 19.1 Å². The molecule has 0 aliphatic carbocycles. The summed E-state index contributed by atoms with van der Waals surface area (Å²) in [5.41, 5.74) is 2.68. The van der Waals surface area contributed by atoms with Gasteiger partial charge in [0, 0.05) is 12.2 Å². The Balaban J connectivity index is 2.74. The number of benzene rings is 2. The van der Waals surface area contributed by atoms with Gasteiger partial charge in [0.25, 0.3) is 0 Å². The van der Waals surface area contributed by atoms with E-state index < -0.39 is 20.3 Å². The summed E-state index contributed by atoms with van der Waals surface area (Å²) in [7, 11) is -2.96. The molecule has 5 heteroatoms. The normalized spacial score (nSPS) is 13.1. The standard InChI is InChI=1S/C28H38O4Si/c1-4-7-14-23-15-13-19-26(25(23)18-8-5-2)33(22-9-6-3,24-16-11-10-12-17-24)32-28(31)21-20-27(29)30/h10-13,15-17,19-21H,4-9,14,18,22H2,1-3H3,(H,29,30)/b21-20+. The topological polar surface area (TPSA) is 63.6 Å². The highest BCUT2D eigenvalue weighted by atomic mass is 28.4. The molecule has 1 atom stereocenters. The van der Waals surface area contributed by atoms with Crippen LogP contribution >= 0.6 is 0 Å². The number of aliphatic carboxylic acids is 1. The smallest absolute Gasteiger partial charge is 0.328 e. The van der Waals surface area contributed by atoms with E-state index in [0.29, 0.717) is 0 Å². The zero-order valence-corrected chi connectivity index (χ0v) is 21.3. The fourth-order valence-corrected chi connectivity index (χ4v) is 8.67. The van der Waals surface area contributed by atoms with Crippen molar-refractivity contribution in [3.8, 4) is 0 Å². The molecule has 0 saturated heterocycles. The van der Waals surface area contributed by atoms with Crippen molar-refractivity contribution in [2.75, 3.05) is 0 Å². The SMILES string of the molecule is CCCCc1cccc([Si](CCCC)(OC(=O)/C=C/C(=O)O)c2ccccc2)c1CCCC. The second kappa shape index (κ2) is 13.8. The van der Waals surface area contributed by atoms with Gasteiger partial charge in [-0.25, -0.2) is 9.59 Å². The molecule has 0 saturated carbocycles. The van der Waals surface area contributed by atoms with Crippen LogP contribution in [0, 0.1) is 0 Å². The number of unbranched alkanes of at least 4 members (excludes halogenated alkanes) is 3. The van der Waals surface area contributed by atoms with E-state index in [9.17, 15) is 9.59 Å². The van der Waals surface area contributed by atoms with Gasteiger partial charge in [-0.05, 0) is 53.2 Å². The highest BCUT2D eigenvalue weighted by Gasteiger charge is 2.44. The first-order valence-electron chi connectivity index (χ1n) is 12.3.